The van der Waals surface area contributed by atoms with Gasteiger partial charge in [0, 0.05) is 12.4 Å². The van der Waals surface area contributed by atoms with Crippen molar-refractivity contribution in [2.75, 3.05) is 0 Å². The van der Waals surface area contributed by atoms with Crippen LogP contribution in [0.3, 0.4) is 0 Å². The van der Waals surface area contributed by atoms with E-state index in [1.807, 2.05) is 0 Å². The van der Waals surface area contributed by atoms with E-state index in [4.69, 9.17) is 0 Å². The Balaban J connectivity index is 2.76. The molecule has 0 bridgehead atoms. The zero-order chi connectivity index (χ0) is 10.3. The lowest BCUT2D eigenvalue weighted by molar-refractivity contribution is -0.141. The summed E-state index contributed by atoms with van der Waals surface area (Å²) in [5.74, 6) is 0. The third-order valence-electron chi connectivity index (χ3n) is 1.89. The van der Waals surface area contributed by atoms with Crippen molar-refractivity contribution < 1.29 is 13.2 Å². The van der Waals surface area contributed by atoms with E-state index in [1.165, 1.54) is 12.4 Å². The van der Waals surface area contributed by atoms with Crippen molar-refractivity contribution in [1.82, 2.24) is 14.4 Å². The fraction of sp³-hybridized carbons (Fsp3) is 0.250. The molecule has 0 spiro atoms. The van der Waals surface area contributed by atoms with Crippen LogP contribution in [0.15, 0.2) is 18.6 Å². The molecule has 74 valence electrons. The van der Waals surface area contributed by atoms with Crippen LogP contribution < -0.4 is 0 Å². The molecule has 0 radical (unpaired) electrons. The molecular formula is C8H6F3N3. The maximum atomic E-state index is 12.4. The van der Waals surface area contributed by atoms with Crippen molar-refractivity contribution in [2.45, 2.75) is 13.1 Å². The second-order valence-electron chi connectivity index (χ2n) is 2.85. The van der Waals surface area contributed by atoms with Crippen LogP contribution in [-0.2, 0) is 6.18 Å². The van der Waals surface area contributed by atoms with Crippen molar-refractivity contribution >= 4 is 5.65 Å². The van der Waals surface area contributed by atoms with Gasteiger partial charge < -0.3 is 0 Å². The summed E-state index contributed by atoms with van der Waals surface area (Å²) >= 11 is 0. The summed E-state index contributed by atoms with van der Waals surface area (Å²) in [6.45, 7) is 1.61. The second-order valence-corrected chi connectivity index (χ2v) is 2.85. The molecule has 0 unspecified atom stereocenters. The minimum Gasteiger partial charge on any atom is -0.293 e. The summed E-state index contributed by atoms with van der Waals surface area (Å²) in [4.78, 5) is 7.52. The van der Waals surface area contributed by atoms with Gasteiger partial charge in [0.1, 0.15) is 5.69 Å². The number of nitrogens with zero attached hydrogens (tertiary/aromatic N) is 3. The van der Waals surface area contributed by atoms with E-state index >= 15 is 0 Å². The molecule has 2 rings (SSSR count). The third kappa shape index (κ3) is 1.23. The first kappa shape index (κ1) is 8.98. The van der Waals surface area contributed by atoms with E-state index in [2.05, 4.69) is 9.97 Å². The highest BCUT2D eigenvalue weighted by Gasteiger charge is 2.34. The molecule has 0 fully saturated rings. The van der Waals surface area contributed by atoms with Crippen LogP contribution >= 0.6 is 0 Å². The SMILES string of the molecule is Cc1nccn2c(C(F)(F)F)cnc12. The van der Waals surface area contributed by atoms with Crippen molar-refractivity contribution in [1.29, 1.82) is 0 Å². The average molecular weight is 201 g/mol. The molecule has 2 heterocycles. The first-order chi connectivity index (χ1) is 6.50. The molecule has 0 N–H and O–H groups in total. The van der Waals surface area contributed by atoms with E-state index in [1.54, 1.807) is 6.92 Å². The number of aryl methyl sites for hydroxylation is 1. The first-order valence-electron chi connectivity index (χ1n) is 3.86. The van der Waals surface area contributed by atoms with E-state index in [9.17, 15) is 13.2 Å². The third-order valence-corrected chi connectivity index (χ3v) is 1.89. The quantitative estimate of drug-likeness (QED) is 0.653. The minimum absolute atomic E-state index is 0.236. The molecule has 3 nitrogen and oxygen atoms in total. The summed E-state index contributed by atoms with van der Waals surface area (Å²) in [5.41, 5.74) is -0.0687. The van der Waals surface area contributed by atoms with Gasteiger partial charge in [0.05, 0.1) is 11.9 Å². The topological polar surface area (TPSA) is 30.2 Å². The Hall–Kier alpha value is -1.59. The minimum atomic E-state index is -4.38. The molecule has 6 heteroatoms. The number of hydrogen-bond acceptors (Lipinski definition) is 2. The first-order valence-corrected chi connectivity index (χ1v) is 3.86. The molecule has 0 atom stereocenters. The number of rotatable bonds is 0. The zero-order valence-electron chi connectivity index (χ0n) is 7.21. The molecular weight excluding hydrogens is 195 g/mol. The number of imidazole rings is 1. The Morgan fingerprint density at radius 3 is 2.64 bits per heavy atom. The van der Waals surface area contributed by atoms with Gasteiger partial charge in [-0.2, -0.15) is 13.2 Å². The van der Waals surface area contributed by atoms with E-state index < -0.39 is 11.9 Å². The van der Waals surface area contributed by atoms with Gasteiger partial charge in [-0.15, -0.1) is 0 Å². The lowest BCUT2D eigenvalue weighted by Crippen LogP contribution is -2.08. The van der Waals surface area contributed by atoms with Crippen LogP contribution in [-0.4, -0.2) is 14.4 Å². The van der Waals surface area contributed by atoms with Gasteiger partial charge in [-0.25, -0.2) is 4.98 Å². The zero-order valence-corrected chi connectivity index (χ0v) is 7.21. The van der Waals surface area contributed by atoms with Crippen LogP contribution in [0.1, 0.15) is 11.4 Å². The van der Waals surface area contributed by atoms with Crippen molar-refractivity contribution in [3.8, 4) is 0 Å². The number of aromatic nitrogens is 3. The Labute approximate surface area is 77.2 Å². The van der Waals surface area contributed by atoms with Gasteiger partial charge in [-0.1, -0.05) is 0 Å². The molecule has 2 aromatic rings. The van der Waals surface area contributed by atoms with Crippen molar-refractivity contribution in [3.63, 3.8) is 0 Å². The maximum Gasteiger partial charge on any atom is 0.433 e. The molecule has 0 aliphatic rings. The fourth-order valence-corrected chi connectivity index (χ4v) is 1.26. The van der Waals surface area contributed by atoms with Gasteiger partial charge >= 0.3 is 6.18 Å². The number of fused-ring (bicyclic) bond motifs is 1. The standard InChI is InChI=1S/C8H6F3N3/c1-5-7-13-4-6(8(9,10)11)14(7)3-2-12-5/h2-4H,1H3. The number of halogens is 3. The Bertz CT molecular complexity index is 472. The fourth-order valence-electron chi connectivity index (χ4n) is 1.26. The monoisotopic (exact) mass is 201 g/mol. The number of hydrogen-bond donors (Lipinski definition) is 0. The highest BCUT2D eigenvalue weighted by Crippen LogP contribution is 2.29. The van der Waals surface area contributed by atoms with Gasteiger partial charge in [-0.05, 0) is 6.92 Å². The molecule has 14 heavy (non-hydrogen) atoms. The predicted molar refractivity (Wildman–Crippen MR) is 42.7 cm³/mol. The molecule has 0 aromatic carbocycles. The normalized spacial score (nSPS) is 12.3. The molecule has 0 saturated carbocycles. The van der Waals surface area contributed by atoms with Crippen LogP contribution in [0.5, 0.6) is 0 Å². The van der Waals surface area contributed by atoms with Gasteiger partial charge in [-0.3, -0.25) is 9.38 Å². The Morgan fingerprint density at radius 1 is 1.29 bits per heavy atom. The van der Waals surface area contributed by atoms with Gasteiger partial charge in [0.15, 0.2) is 5.65 Å². The highest BCUT2D eigenvalue weighted by molar-refractivity contribution is 5.44. The van der Waals surface area contributed by atoms with Crippen molar-refractivity contribution in [2.24, 2.45) is 0 Å². The van der Waals surface area contributed by atoms with E-state index in [0.29, 0.717) is 5.69 Å². The molecule has 0 saturated heterocycles. The summed E-state index contributed by atoms with van der Waals surface area (Å²) in [6, 6.07) is 0. The van der Waals surface area contributed by atoms with E-state index in [-0.39, 0.29) is 5.65 Å². The maximum absolute atomic E-state index is 12.4. The molecule has 0 aliphatic heterocycles. The summed E-state index contributed by atoms with van der Waals surface area (Å²) < 4.78 is 38.2. The molecule has 0 aliphatic carbocycles. The number of alkyl halides is 3. The average Bonchev–Trinajstić information content (AvgIpc) is 2.47. The Morgan fingerprint density at radius 2 is 2.00 bits per heavy atom. The van der Waals surface area contributed by atoms with Crippen LogP contribution in [0.2, 0.25) is 0 Å². The lowest BCUT2D eigenvalue weighted by atomic mass is 10.4. The molecule has 2 aromatic heterocycles. The van der Waals surface area contributed by atoms with Crippen molar-refractivity contribution in [3.05, 3.63) is 30.0 Å². The Kier molecular flexibility index (Phi) is 1.73. The van der Waals surface area contributed by atoms with Crippen LogP contribution in [0.4, 0.5) is 13.2 Å². The predicted octanol–water partition coefficient (Wildman–Crippen LogP) is 2.06. The van der Waals surface area contributed by atoms with Gasteiger partial charge in [0.25, 0.3) is 0 Å². The molecule has 0 amide bonds. The lowest BCUT2D eigenvalue weighted by Gasteiger charge is -2.05. The summed E-state index contributed by atoms with van der Waals surface area (Å²) in [6.07, 6.45) is -1.01. The second kappa shape index (κ2) is 2.70. The van der Waals surface area contributed by atoms with Crippen LogP contribution in [0.25, 0.3) is 5.65 Å². The van der Waals surface area contributed by atoms with Crippen LogP contribution in [0, 0.1) is 6.92 Å². The van der Waals surface area contributed by atoms with E-state index in [0.717, 1.165) is 10.6 Å². The summed E-state index contributed by atoms with van der Waals surface area (Å²) in [5, 5.41) is 0. The smallest absolute Gasteiger partial charge is 0.293 e. The van der Waals surface area contributed by atoms with Gasteiger partial charge in [0.2, 0.25) is 0 Å². The highest BCUT2D eigenvalue weighted by atomic mass is 19.4. The summed E-state index contributed by atoms with van der Waals surface area (Å²) in [7, 11) is 0. The largest absolute Gasteiger partial charge is 0.433 e.